The fourth-order valence-corrected chi connectivity index (χ4v) is 3.46. The van der Waals surface area contributed by atoms with Crippen molar-refractivity contribution in [2.75, 3.05) is 6.61 Å². The molecule has 0 amide bonds. The van der Waals surface area contributed by atoms with E-state index in [9.17, 15) is 15.2 Å². The van der Waals surface area contributed by atoms with Crippen LogP contribution in [-0.2, 0) is 0 Å². The summed E-state index contributed by atoms with van der Waals surface area (Å²) < 4.78 is 5.93. The number of ether oxygens (including phenoxy) is 1. The molecule has 0 aromatic heterocycles. The summed E-state index contributed by atoms with van der Waals surface area (Å²) in [5.74, 6) is 0.734. The molecule has 0 fully saturated rings. The minimum atomic E-state index is -0.404. The highest BCUT2D eigenvalue weighted by Gasteiger charge is 2.24. The van der Waals surface area contributed by atoms with Gasteiger partial charge < -0.3 is 9.84 Å². The fourth-order valence-electron chi connectivity index (χ4n) is 3.46. The van der Waals surface area contributed by atoms with E-state index >= 15 is 0 Å². The van der Waals surface area contributed by atoms with Crippen molar-refractivity contribution in [2.45, 2.75) is 13.8 Å². The van der Waals surface area contributed by atoms with Crippen LogP contribution in [0.2, 0.25) is 0 Å². The Kier molecular flexibility index (Phi) is 4.35. The van der Waals surface area contributed by atoms with Gasteiger partial charge in [0.1, 0.15) is 18.1 Å². The molecule has 1 aliphatic rings. The zero-order chi connectivity index (χ0) is 19.8. The molecule has 1 heterocycles. The van der Waals surface area contributed by atoms with Gasteiger partial charge in [0.05, 0.1) is 4.92 Å². The molecule has 0 radical (unpaired) electrons. The van der Waals surface area contributed by atoms with E-state index in [1.807, 2.05) is 6.07 Å². The molecule has 5 nitrogen and oxygen atoms in total. The van der Waals surface area contributed by atoms with Crippen LogP contribution < -0.4 is 4.74 Å². The summed E-state index contributed by atoms with van der Waals surface area (Å²) in [5.41, 5.74) is 7.19. The lowest BCUT2D eigenvalue weighted by atomic mass is 9.87. The molecule has 0 saturated heterocycles. The van der Waals surface area contributed by atoms with Crippen LogP contribution in [0.4, 0.5) is 5.69 Å². The van der Waals surface area contributed by atoms with Gasteiger partial charge in [-0.25, -0.2) is 0 Å². The predicted molar refractivity (Wildman–Crippen MR) is 109 cm³/mol. The third-order valence-corrected chi connectivity index (χ3v) is 5.13. The summed E-state index contributed by atoms with van der Waals surface area (Å²) >= 11 is 0. The summed E-state index contributed by atoms with van der Waals surface area (Å²) in [6.07, 6.45) is 0. The lowest BCUT2D eigenvalue weighted by molar-refractivity contribution is -0.384. The highest BCUT2D eigenvalue weighted by molar-refractivity contribution is 6.01. The van der Waals surface area contributed by atoms with Crippen molar-refractivity contribution >= 4 is 16.8 Å². The van der Waals surface area contributed by atoms with Gasteiger partial charge in [-0.05, 0) is 65.9 Å². The van der Waals surface area contributed by atoms with E-state index in [4.69, 9.17) is 4.74 Å². The molecular weight excluding hydrogens is 354 g/mol. The fraction of sp³-hybridized carbons (Fsp3) is 0.130. The Hall–Kier alpha value is -3.60. The number of phenolic OH excluding ortho intramolecular Hbond substituents is 1. The second-order valence-corrected chi connectivity index (χ2v) is 6.93. The number of aryl methyl sites for hydroxylation is 2. The van der Waals surface area contributed by atoms with Crippen molar-refractivity contribution < 1.29 is 14.8 Å². The van der Waals surface area contributed by atoms with E-state index in [1.165, 1.54) is 23.3 Å². The van der Waals surface area contributed by atoms with Gasteiger partial charge in [0.25, 0.3) is 5.69 Å². The molecule has 0 saturated carbocycles. The summed E-state index contributed by atoms with van der Waals surface area (Å²) in [7, 11) is 0. The van der Waals surface area contributed by atoms with Gasteiger partial charge >= 0.3 is 0 Å². The predicted octanol–water partition coefficient (Wildman–Crippen LogP) is 5.27. The number of aromatic hydroxyl groups is 1. The Morgan fingerprint density at radius 3 is 2.32 bits per heavy atom. The standard InChI is InChI=1S/C23H19NO4/c1-14-3-4-17(11-15(14)2)21-13-28-22-12-19(25)9-10-20(22)23(21)16-5-7-18(8-6-16)24(26)27/h3-12,25H,13H2,1-2H3. The maximum absolute atomic E-state index is 11.0. The summed E-state index contributed by atoms with van der Waals surface area (Å²) in [6.45, 7) is 4.49. The molecule has 3 aromatic rings. The van der Waals surface area contributed by atoms with Crippen LogP contribution in [0, 0.1) is 24.0 Å². The second kappa shape index (κ2) is 6.85. The van der Waals surface area contributed by atoms with Gasteiger partial charge in [0.15, 0.2) is 0 Å². The minimum Gasteiger partial charge on any atom is -0.508 e. The number of non-ortho nitro benzene ring substituents is 1. The van der Waals surface area contributed by atoms with Crippen LogP contribution in [0.25, 0.3) is 11.1 Å². The first kappa shape index (κ1) is 17.8. The highest BCUT2D eigenvalue weighted by atomic mass is 16.6. The van der Waals surface area contributed by atoms with E-state index in [-0.39, 0.29) is 11.4 Å². The first-order chi connectivity index (χ1) is 13.4. The van der Waals surface area contributed by atoms with Crippen molar-refractivity contribution in [1.82, 2.24) is 0 Å². The van der Waals surface area contributed by atoms with E-state index in [2.05, 4.69) is 32.0 Å². The van der Waals surface area contributed by atoms with Crippen LogP contribution in [-0.4, -0.2) is 16.6 Å². The van der Waals surface area contributed by atoms with Crippen LogP contribution in [0.15, 0.2) is 60.7 Å². The molecule has 0 bridgehead atoms. The molecule has 1 N–H and O–H groups in total. The van der Waals surface area contributed by atoms with Crippen LogP contribution >= 0.6 is 0 Å². The van der Waals surface area contributed by atoms with E-state index in [0.717, 1.165) is 27.8 Å². The van der Waals surface area contributed by atoms with Crippen molar-refractivity contribution in [2.24, 2.45) is 0 Å². The lowest BCUT2D eigenvalue weighted by Crippen LogP contribution is -2.12. The Labute approximate surface area is 162 Å². The Balaban J connectivity index is 1.95. The second-order valence-electron chi connectivity index (χ2n) is 6.93. The number of hydrogen-bond acceptors (Lipinski definition) is 4. The zero-order valence-electron chi connectivity index (χ0n) is 15.6. The number of nitrogens with zero attached hydrogens (tertiary/aromatic N) is 1. The van der Waals surface area contributed by atoms with Gasteiger partial charge in [-0.1, -0.05) is 18.2 Å². The average Bonchev–Trinajstić information content (AvgIpc) is 2.69. The molecule has 3 aromatic carbocycles. The van der Waals surface area contributed by atoms with E-state index in [0.29, 0.717) is 12.4 Å². The van der Waals surface area contributed by atoms with Gasteiger partial charge in [-0.15, -0.1) is 0 Å². The Morgan fingerprint density at radius 2 is 1.64 bits per heavy atom. The molecule has 1 aliphatic heterocycles. The van der Waals surface area contributed by atoms with Gasteiger partial charge in [-0.3, -0.25) is 10.1 Å². The van der Waals surface area contributed by atoms with Crippen LogP contribution in [0.3, 0.4) is 0 Å². The maximum Gasteiger partial charge on any atom is 0.269 e. The Bertz CT molecular complexity index is 1110. The molecule has 0 spiro atoms. The number of phenols is 1. The Morgan fingerprint density at radius 1 is 0.929 bits per heavy atom. The van der Waals surface area contributed by atoms with Crippen molar-refractivity contribution in [3.63, 3.8) is 0 Å². The smallest absolute Gasteiger partial charge is 0.269 e. The molecule has 0 unspecified atom stereocenters. The largest absolute Gasteiger partial charge is 0.508 e. The number of hydrogen-bond donors (Lipinski definition) is 1. The van der Waals surface area contributed by atoms with Crippen molar-refractivity contribution in [3.8, 4) is 11.5 Å². The molecule has 140 valence electrons. The molecule has 4 rings (SSSR count). The summed E-state index contributed by atoms with van der Waals surface area (Å²) in [6, 6.07) is 17.9. The number of rotatable bonds is 3. The minimum absolute atomic E-state index is 0.0510. The summed E-state index contributed by atoms with van der Waals surface area (Å²) in [4.78, 5) is 10.6. The zero-order valence-corrected chi connectivity index (χ0v) is 15.6. The molecular formula is C23H19NO4. The first-order valence-corrected chi connectivity index (χ1v) is 8.96. The number of nitro benzene ring substituents is 1. The normalized spacial score (nSPS) is 13.1. The molecule has 28 heavy (non-hydrogen) atoms. The summed E-state index contributed by atoms with van der Waals surface area (Å²) in [5, 5.41) is 20.8. The lowest BCUT2D eigenvalue weighted by Gasteiger charge is -2.25. The highest BCUT2D eigenvalue weighted by Crippen LogP contribution is 2.42. The van der Waals surface area contributed by atoms with Crippen LogP contribution in [0.5, 0.6) is 11.5 Å². The van der Waals surface area contributed by atoms with Gasteiger partial charge in [-0.2, -0.15) is 0 Å². The van der Waals surface area contributed by atoms with Gasteiger partial charge in [0.2, 0.25) is 0 Å². The topological polar surface area (TPSA) is 72.6 Å². The SMILES string of the molecule is Cc1ccc(C2=C(c3ccc([N+](=O)[O-])cc3)c3ccc(O)cc3OC2)cc1C. The average molecular weight is 373 g/mol. The van der Waals surface area contributed by atoms with E-state index < -0.39 is 4.92 Å². The van der Waals surface area contributed by atoms with Crippen molar-refractivity contribution in [1.29, 1.82) is 0 Å². The third kappa shape index (κ3) is 3.11. The number of fused-ring (bicyclic) bond motifs is 1. The van der Waals surface area contributed by atoms with Crippen LogP contribution in [0.1, 0.15) is 27.8 Å². The molecule has 0 aliphatic carbocycles. The molecule has 0 atom stereocenters. The quantitative estimate of drug-likeness (QED) is 0.501. The monoisotopic (exact) mass is 373 g/mol. The van der Waals surface area contributed by atoms with E-state index in [1.54, 1.807) is 24.3 Å². The van der Waals surface area contributed by atoms with Gasteiger partial charge in [0, 0.05) is 29.3 Å². The first-order valence-electron chi connectivity index (χ1n) is 8.96. The third-order valence-electron chi connectivity index (χ3n) is 5.13. The number of benzene rings is 3. The number of nitro groups is 1. The molecule has 5 heteroatoms. The maximum atomic E-state index is 11.0. The van der Waals surface area contributed by atoms with Crippen molar-refractivity contribution in [3.05, 3.63) is 98.6 Å².